The Bertz CT molecular complexity index is 553. The van der Waals surface area contributed by atoms with Gasteiger partial charge in [0.25, 0.3) is 0 Å². The van der Waals surface area contributed by atoms with E-state index in [2.05, 4.69) is 17.0 Å². The van der Waals surface area contributed by atoms with Crippen molar-refractivity contribution < 1.29 is 14.3 Å². The molecule has 21 heavy (non-hydrogen) atoms. The maximum atomic E-state index is 12.4. The molecule has 2 aliphatic heterocycles. The molecule has 0 aromatic heterocycles. The number of fused-ring (bicyclic) bond motifs is 1. The summed E-state index contributed by atoms with van der Waals surface area (Å²) in [6, 6.07) is 6.38. The molecule has 1 aromatic carbocycles. The second-order valence-corrected chi connectivity index (χ2v) is 6.22. The van der Waals surface area contributed by atoms with Gasteiger partial charge in [-0.05, 0) is 43.4 Å². The lowest BCUT2D eigenvalue weighted by molar-refractivity contribution is -0.133. The molecule has 0 N–H and O–H groups in total. The standard InChI is InChI=1S/C17H21NO3/c19-17(12-4-5-12)18-8-1-3-14(18)13-6-7-15-16(11-13)21-10-2-9-20-15/h6-7,11-12,14H,1-5,8-10H2. The monoisotopic (exact) mass is 287 g/mol. The van der Waals surface area contributed by atoms with E-state index in [1.807, 2.05) is 6.07 Å². The van der Waals surface area contributed by atoms with Gasteiger partial charge in [-0.2, -0.15) is 0 Å². The highest BCUT2D eigenvalue weighted by Crippen LogP contribution is 2.41. The molecule has 2 heterocycles. The third-order valence-electron chi connectivity index (χ3n) is 4.62. The second-order valence-electron chi connectivity index (χ2n) is 6.22. The molecule has 1 saturated carbocycles. The molecule has 4 heteroatoms. The van der Waals surface area contributed by atoms with E-state index in [0.717, 1.165) is 50.1 Å². The van der Waals surface area contributed by atoms with Crippen LogP contribution in [-0.4, -0.2) is 30.6 Å². The molecule has 0 spiro atoms. The van der Waals surface area contributed by atoms with E-state index in [1.165, 1.54) is 5.56 Å². The van der Waals surface area contributed by atoms with Crippen molar-refractivity contribution in [3.05, 3.63) is 23.8 Å². The molecule has 1 aromatic rings. The fourth-order valence-electron chi connectivity index (χ4n) is 3.33. The van der Waals surface area contributed by atoms with Crippen molar-refractivity contribution in [2.45, 2.75) is 38.1 Å². The van der Waals surface area contributed by atoms with Gasteiger partial charge in [-0.1, -0.05) is 6.07 Å². The third kappa shape index (κ3) is 2.47. The zero-order valence-corrected chi connectivity index (χ0v) is 12.2. The Morgan fingerprint density at radius 1 is 1.05 bits per heavy atom. The quantitative estimate of drug-likeness (QED) is 0.839. The fourth-order valence-corrected chi connectivity index (χ4v) is 3.33. The van der Waals surface area contributed by atoms with Crippen LogP contribution < -0.4 is 9.47 Å². The summed E-state index contributed by atoms with van der Waals surface area (Å²) < 4.78 is 11.5. The molecule has 0 bridgehead atoms. The lowest BCUT2D eigenvalue weighted by atomic mass is 10.0. The minimum Gasteiger partial charge on any atom is -0.490 e. The van der Waals surface area contributed by atoms with Crippen LogP contribution in [-0.2, 0) is 4.79 Å². The minimum absolute atomic E-state index is 0.218. The van der Waals surface area contributed by atoms with Crippen LogP contribution in [0.3, 0.4) is 0 Å². The van der Waals surface area contributed by atoms with Crippen LogP contribution in [0.15, 0.2) is 18.2 Å². The topological polar surface area (TPSA) is 38.8 Å². The summed E-state index contributed by atoms with van der Waals surface area (Å²) in [6.45, 7) is 2.31. The van der Waals surface area contributed by atoms with E-state index in [9.17, 15) is 4.79 Å². The smallest absolute Gasteiger partial charge is 0.226 e. The Labute approximate surface area is 125 Å². The highest BCUT2D eigenvalue weighted by molar-refractivity contribution is 5.81. The van der Waals surface area contributed by atoms with E-state index in [0.29, 0.717) is 25.0 Å². The van der Waals surface area contributed by atoms with Gasteiger partial charge in [0.15, 0.2) is 11.5 Å². The predicted octanol–water partition coefficient (Wildman–Crippen LogP) is 2.92. The predicted molar refractivity (Wildman–Crippen MR) is 78.5 cm³/mol. The fraction of sp³-hybridized carbons (Fsp3) is 0.588. The van der Waals surface area contributed by atoms with Crippen LogP contribution in [0.25, 0.3) is 0 Å². The van der Waals surface area contributed by atoms with Crippen molar-refractivity contribution in [3.63, 3.8) is 0 Å². The van der Waals surface area contributed by atoms with Crippen LogP contribution >= 0.6 is 0 Å². The number of carbonyl (C=O) groups is 1. The van der Waals surface area contributed by atoms with Gasteiger partial charge in [0, 0.05) is 18.9 Å². The summed E-state index contributed by atoms with van der Waals surface area (Å²) in [5.74, 6) is 2.31. The number of benzene rings is 1. The lowest BCUT2D eigenvalue weighted by Gasteiger charge is -2.25. The first-order valence-corrected chi connectivity index (χ1v) is 8.03. The van der Waals surface area contributed by atoms with Crippen LogP contribution in [0, 0.1) is 5.92 Å². The van der Waals surface area contributed by atoms with Gasteiger partial charge in [0.2, 0.25) is 5.91 Å². The molecule has 4 nitrogen and oxygen atoms in total. The summed E-state index contributed by atoms with van der Waals surface area (Å²) in [4.78, 5) is 14.5. The van der Waals surface area contributed by atoms with Crippen molar-refractivity contribution in [2.24, 2.45) is 5.92 Å². The van der Waals surface area contributed by atoms with Gasteiger partial charge in [0.05, 0.1) is 19.3 Å². The van der Waals surface area contributed by atoms with Crippen molar-refractivity contribution in [1.82, 2.24) is 4.90 Å². The van der Waals surface area contributed by atoms with E-state index in [1.54, 1.807) is 0 Å². The van der Waals surface area contributed by atoms with Crippen molar-refractivity contribution in [1.29, 1.82) is 0 Å². The number of nitrogens with zero attached hydrogens (tertiary/aromatic N) is 1. The van der Waals surface area contributed by atoms with Crippen LogP contribution in [0.5, 0.6) is 11.5 Å². The number of ether oxygens (including phenoxy) is 2. The largest absolute Gasteiger partial charge is 0.490 e. The highest BCUT2D eigenvalue weighted by atomic mass is 16.5. The first kappa shape index (κ1) is 13.0. The molecule has 1 aliphatic carbocycles. The van der Waals surface area contributed by atoms with Gasteiger partial charge in [-0.15, -0.1) is 0 Å². The van der Waals surface area contributed by atoms with E-state index in [-0.39, 0.29) is 6.04 Å². The van der Waals surface area contributed by atoms with Crippen LogP contribution in [0.2, 0.25) is 0 Å². The maximum Gasteiger partial charge on any atom is 0.226 e. The Morgan fingerprint density at radius 3 is 2.67 bits per heavy atom. The average Bonchev–Trinajstić information content (AvgIpc) is 3.28. The van der Waals surface area contributed by atoms with E-state index >= 15 is 0 Å². The van der Waals surface area contributed by atoms with Crippen molar-refractivity contribution >= 4 is 5.91 Å². The van der Waals surface area contributed by atoms with Gasteiger partial charge in [0.1, 0.15) is 0 Å². The second kappa shape index (κ2) is 5.24. The molecular formula is C17H21NO3. The first-order valence-electron chi connectivity index (χ1n) is 8.03. The van der Waals surface area contributed by atoms with Crippen LogP contribution in [0.1, 0.15) is 43.7 Å². The normalized spacial score (nSPS) is 24.8. The maximum absolute atomic E-state index is 12.4. The average molecular weight is 287 g/mol. The number of carbonyl (C=O) groups excluding carboxylic acids is 1. The minimum atomic E-state index is 0.218. The molecule has 1 saturated heterocycles. The zero-order valence-electron chi connectivity index (χ0n) is 12.2. The lowest BCUT2D eigenvalue weighted by Crippen LogP contribution is -2.31. The summed E-state index contributed by atoms with van der Waals surface area (Å²) in [6.07, 6.45) is 5.21. The Morgan fingerprint density at radius 2 is 1.86 bits per heavy atom. The zero-order chi connectivity index (χ0) is 14.2. The number of hydrogen-bond acceptors (Lipinski definition) is 3. The molecule has 1 amide bonds. The van der Waals surface area contributed by atoms with Gasteiger partial charge >= 0.3 is 0 Å². The third-order valence-corrected chi connectivity index (χ3v) is 4.62. The Kier molecular flexibility index (Phi) is 3.24. The van der Waals surface area contributed by atoms with Crippen molar-refractivity contribution in [3.8, 4) is 11.5 Å². The Balaban J connectivity index is 1.60. The van der Waals surface area contributed by atoms with E-state index in [4.69, 9.17) is 9.47 Å². The van der Waals surface area contributed by atoms with Gasteiger partial charge < -0.3 is 14.4 Å². The number of likely N-dealkylation sites (tertiary alicyclic amines) is 1. The summed E-state index contributed by atoms with van der Waals surface area (Å²) in [5.41, 5.74) is 1.19. The van der Waals surface area contributed by atoms with Gasteiger partial charge in [-0.3, -0.25) is 4.79 Å². The molecule has 4 rings (SSSR count). The van der Waals surface area contributed by atoms with Gasteiger partial charge in [-0.25, -0.2) is 0 Å². The molecule has 1 atom stereocenters. The molecule has 1 unspecified atom stereocenters. The SMILES string of the molecule is O=C(C1CC1)N1CCCC1c1ccc2c(c1)OCCCO2. The highest BCUT2D eigenvalue weighted by Gasteiger charge is 2.38. The Hall–Kier alpha value is -1.71. The molecule has 2 fully saturated rings. The molecule has 112 valence electrons. The van der Waals surface area contributed by atoms with E-state index < -0.39 is 0 Å². The summed E-state index contributed by atoms with van der Waals surface area (Å²) >= 11 is 0. The number of amides is 1. The number of rotatable bonds is 2. The summed E-state index contributed by atoms with van der Waals surface area (Å²) in [7, 11) is 0. The first-order chi connectivity index (χ1) is 10.3. The van der Waals surface area contributed by atoms with Crippen LogP contribution in [0.4, 0.5) is 0 Å². The molecule has 0 radical (unpaired) electrons. The molecule has 3 aliphatic rings. The summed E-state index contributed by atoms with van der Waals surface area (Å²) in [5, 5.41) is 0. The van der Waals surface area contributed by atoms with Crippen molar-refractivity contribution in [2.75, 3.05) is 19.8 Å². The molecular weight excluding hydrogens is 266 g/mol. The number of hydrogen-bond donors (Lipinski definition) is 0.